The van der Waals surface area contributed by atoms with Gasteiger partial charge < -0.3 is 5.32 Å². The van der Waals surface area contributed by atoms with Gasteiger partial charge in [-0.1, -0.05) is 18.9 Å². The molecule has 1 aromatic rings. The number of nitrogens with one attached hydrogen (secondary N) is 1. The van der Waals surface area contributed by atoms with E-state index in [0.717, 1.165) is 31.2 Å². The van der Waals surface area contributed by atoms with Gasteiger partial charge in [0.05, 0.1) is 5.54 Å². The zero-order valence-corrected chi connectivity index (χ0v) is 10.8. The van der Waals surface area contributed by atoms with E-state index >= 15 is 0 Å². The second-order valence-electron chi connectivity index (χ2n) is 4.74. The summed E-state index contributed by atoms with van der Waals surface area (Å²) in [6, 6.07) is 3.73. The van der Waals surface area contributed by atoms with Crippen molar-refractivity contribution < 1.29 is 4.79 Å². The van der Waals surface area contributed by atoms with Gasteiger partial charge in [0, 0.05) is 12.1 Å². The summed E-state index contributed by atoms with van der Waals surface area (Å²) in [5, 5.41) is 3.07. The van der Waals surface area contributed by atoms with Gasteiger partial charge in [0.1, 0.15) is 5.69 Å². The van der Waals surface area contributed by atoms with Crippen LogP contribution >= 0.6 is 11.6 Å². The number of nitrogens with zero attached hydrogens (tertiary/aromatic N) is 1. The van der Waals surface area contributed by atoms with Crippen LogP contribution in [0.4, 0.5) is 0 Å². The highest BCUT2D eigenvalue weighted by Crippen LogP contribution is 2.31. The molecule has 1 heterocycles. The van der Waals surface area contributed by atoms with Crippen molar-refractivity contribution in [2.24, 2.45) is 0 Å². The zero-order valence-electron chi connectivity index (χ0n) is 10.0. The number of alkyl halides is 1. The van der Waals surface area contributed by atoms with Crippen molar-refractivity contribution in [3.05, 3.63) is 29.6 Å². The minimum absolute atomic E-state index is 0.106. The van der Waals surface area contributed by atoms with Crippen molar-refractivity contribution in [2.45, 2.75) is 38.1 Å². The SMILES string of the molecule is Cc1cccnc1C(=O)NC1(CCl)CCCC1. The Labute approximate surface area is 107 Å². The monoisotopic (exact) mass is 252 g/mol. The lowest BCUT2D eigenvalue weighted by Crippen LogP contribution is -2.48. The van der Waals surface area contributed by atoms with Gasteiger partial charge in [-0.2, -0.15) is 0 Å². The van der Waals surface area contributed by atoms with Gasteiger partial charge in [0.15, 0.2) is 0 Å². The molecule has 0 saturated heterocycles. The largest absolute Gasteiger partial charge is 0.344 e. The number of amides is 1. The molecule has 1 saturated carbocycles. The number of hydrogen-bond acceptors (Lipinski definition) is 2. The summed E-state index contributed by atoms with van der Waals surface area (Å²) in [6.45, 7) is 1.89. The van der Waals surface area contributed by atoms with Crippen molar-refractivity contribution in [3.63, 3.8) is 0 Å². The third-order valence-corrected chi connectivity index (χ3v) is 3.93. The van der Waals surface area contributed by atoms with Crippen molar-refractivity contribution in [1.29, 1.82) is 0 Å². The number of carbonyl (C=O) groups excluding carboxylic acids is 1. The Morgan fingerprint density at radius 2 is 2.24 bits per heavy atom. The van der Waals surface area contributed by atoms with Crippen molar-refractivity contribution in [2.75, 3.05) is 5.88 Å². The standard InChI is InChI=1S/C13H17ClN2O/c1-10-5-4-8-15-11(10)12(17)16-13(9-14)6-2-3-7-13/h4-5,8H,2-3,6-7,9H2,1H3,(H,16,17). The van der Waals surface area contributed by atoms with Gasteiger partial charge in [-0.05, 0) is 31.4 Å². The van der Waals surface area contributed by atoms with Crippen molar-refractivity contribution >= 4 is 17.5 Å². The van der Waals surface area contributed by atoms with Crippen LogP contribution in [0.15, 0.2) is 18.3 Å². The van der Waals surface area contributed by atoms with Crippen LogP contribution in [-0.2, 0) is 0 Å². The van der Waals surface area contributed by atoms with E-state index in [2.05, 4.69) is 10.3 Å². The van der Waals surface area contributed by atoms with Gasteiger partial charge in [0.25, 0.3) is 5.91 Å². The number of carbonyl (C=O) groups is 1. The Morgan fingerprint density at radius 1 is 1.53 bits per heavy atom. The fourth-order valence-electron chi connectivity index (χ4n) is 2.37. The molecule has 0 aliphatic heterocycles. The minimum atomic E-state index is -0.220. The molecular weight excluding hydrogens is 236 g/mol. The molecule has 1 amide bonds. The molecule has 4 heteroatoms. The van der Waals surface area contributed by atoms with E-state index < -0.39 is 0 Å². The van der Waals surface area contributed by atoms with Crippen LogP contribution in [0.1, 0.15) is 41.7 Å². The van der Waals surface area contributed by atoms with Crippen LogP contribution in [0.5, 0.6) is 0 Å². The highest BCUT2D eigenvalue weighted by Gasteiger charge is 2.35. The molecule has 0 unspecified atom stereocenters. The fraction of sp³-hybridized carbons (Fsp3) is 0.538. The van der Waals surface area contributed by atoms with Gasteiger partial charge >= 0.3 is 0 Å². The molecule has 0 spiro atoms. The van der Waals surface area contributed by atoms with Crippen molar-refractivity contribution in [1.82, 2.24) is 10.3 Å². The third-order valence-electron chi connectivity index (χ3n) is 3.42. The van der Waals surface area contributed by atoms with Crippen LogP contribution < -0.4 is 5.32 Å². The highest BCUT2D eigenvalue weighted by atomic mass is 35.5. The molecular formula is C13H17ClN2O. The molecule has 17 heavy (non-hydrogen) atoms. The summed E-state index contributed by atoms with van der Waals surface area (Å²) in [5.41, 5.74) is 1.18. The number of halogens is 1. The van der Waals surface area contributed by atoms with Crippen LogP contribution in [0.3, 0.4) is 0 Å². The van der Waals surface area contributed by atoms with Gasteiger partial charge in [-0.25, -0.2) is 0 Å². The summed E-state index contributed by atoms with van der Waals surface area (Å²) >= 11 is 6.00. The molecule has 0 atom stereocenters. The average molecular weight is 253 g/mol. The molecule has 0 radical (unpaired) electrons. The molecule has 1 aromatic heterocycles. The Kier molecular flexibility index (Phi) is 3.67. The Bertz CT molecular complexity index is 414. The molecule has 0 aromatic carbocycles. The lowest BCUT2D eigenvalue weighted by Gasteiger charge is -2.27. The summed E-state index contributed by atoms with van der Waals surface area (Å²) < 4.78 is 0. The molecule has 0 bridgehead atoms. The normalized spacial score (nSPS) is 18.0. The summed E-state index contributed by atoms with van der Waals surface area (Å²) in [5.74, 6) is 0.371. The molecule has 1 aliphatic carbocycles. The van der Waals surface area contributed by atoms with E-state index in [4.69, 9.17) is 11.6 Å². The number of aromatic nitrogens is 1. The second-order valence-corrected chi connectivity index (χ2v) is 5.01. The maximum Gasteiger partial charge on any atom is 0.270 e. The predicted molar refractivity (Wildman–Crippen MR) is 68.4 cm³/mol. The van der Waals surface area contributed by atoms with Gasteiger partial charge in [-0.3, -0.25) is 9.78 Å². The predicted octanol–water partition coefficient (Wildman–Crippen LogP) is 2.67. The van der Waals surface area contributed by atoms with Gasteiger partial charge in [-0.15, -0.1) is 11.6 Å². The second kappa shape index (κ2) is 5.05. The van der Waals surface area contributed by atoms with E-state index in [1.807, 2.05) is 19.1 Å². The van der Waals surface area contributed by atoms with Crippen LogP contribution in [-0.4, -0.2) is 22.3 Å². The summed E-state index contributed by atoms with van der Waals surface area (Å²) in [6.07, 6.45) is 5.84. The maximum atomic E-state index is 12.2. The van der Waals surface area contributed by atoms with Crippen LogP contribution in [0.2, 0.25) is 0 Å². The quantitative estimate of drug-likeness (QED) is 0.841. The van der Waals surface area contributed by atoms with Gasteiger partial charge in [0.2, 0.25) is 0 Å². The molecule has 3 nitrogen and oxygen atoms in total. The summed E-state index contributed by atoms with van der Waals surface area (Å²) in [4.78, 5) is 16.3. The topological polar surface area (TPSA) is 42.0 Å². The number of rotatable bonds is 3. The van der Waals surface area contributed by atoms with E-state index in [9.17, 15) is 4.79 Å². The van der Waals surface area contributed by atoms with E-state index in [0.29, 0.717) is 11.6 Å². The molecule has 1 fully saturated rings. The minimum Gasteiger partial charge on any atom is -0.344 e. The molecule has 92 valence electrons. The lowest BCUT2D eigenvalue weighted by atomic mass is 10.00. The van der Waals surface area contributed by atoms with E-state index in [1.54, 1.807) is 6.20 Å². The summed E-state index contributed by atoms with van der Waals surface area (Å²) in [7, 11) is 0. The smallest absolute Gasteiger partial charge is 0.270 e. The number of hydrogen-bond donors (Lipinski definition) is 1. The first-order chi connectivity index (χ1) is 8.17. The van der Waals surface area contributed by atoms with Crippen molar-refractivity contribution in [3.8, 4) is 0 Å². The molecule has 1 aliphatic rings. The first-order valence-electron chi connectivity index (χ1n) is 5.97. The highest BCUT2D eigenvalue weighted by molar-refractivity contribution is 6.19. The maximum absolute atomic E-state index is 12.2. The Balaban J connectivity index is 2.14. The number of aryl methyl sites for hydroxylation is 1. The first kappa shape index (κ1) is 12.4. The van der Waals surface area contributed by atoms with Crippen LogP contribution in [0, 0.1) is 6.92 Å². The average Bonchev–Trinajstić information content (AvgIpc) is 2.79. The number of pyridine rings is 1. The Morgan fingerprint density at radius 3 is 2.82 bits per heavy atom. The van der Waals surface area contributed by atoms with E-state index in [-0.39, 0.29) is 11.4 Å². The molecule has 1 N–H and O–H groups in total. The molecule has 2 rings (SSSR count). The van der Waals surface area contributed by atoms with E-state index in [1.165, 1.54) is 0 Å². The fourth-order valence-corrected chi connectivity index (χ4v) is 2.70. The third kappa shape index (κ3) is 2.60. The lowest BCUT2D eigenvalue weighted by molar-refractivity contribution is 0.0903. The zero-order chi connectivity index (χ0) is 12.3. The first-order valence-corrected chi connectivity index (χ1v) is 6.50. The Hall–Kier alpha value is -1.09. The van der Waals surface area contributed by atoms with Crippen LogP contribution in [0.25, 0.3) is 0 Å².